The van der Waals surface area contributed by atoms with Gasteiger partial charge in [-0.05, 0) is 42.5 Å². The maximum absolute atomic E-state index is 12.1. The molecule has 0 aromatic heterocycles. The van der Waals surface area contributed by atoms with Crippen LogP contribution in [0.1, 0.15) is 15.9 Å². The Morgan fingerprint density at radius 2 is 1.90 bits per heavy atom. The number of benzene rings is 2. The zero-order valence-electron chi connectivity index (χ0n) is 11.0. The van der Waals surface area contributed by atoms with Gasteiger partial charge in [0.2, 0.25) is 6.79 Å². The average Bonchev–Trinajstić information content (AvgIpc) is 3.00. The van der Waals surface area contributed by atoms with E-state index in [0.29, 0.717) is 28.4 Å². The topological polar surface area (TPSA) is 68.5 Å². The highest BCUT2D eigenvalue weighted by atomic mass is 16.7. The van der Waals surface area contributed by atoms with Crippen LogP contribution in [0.4, 0.5) is 0 Å². The fourth-order valence-corrected chi connectivity index (χ4v) is 1.93. The van der Waals surface area contributed by atoms with Gasteiger partial charge in [-0.3, -0.25) is 4.79 Å². The predicted molar refractivity (Wildman–Crippen MR) is 73.5 cm³/mol. The van der Waals surface area contributed by atoms with Gasteiger partial charge in [-0.25, -0.2) is 0 Å². The third kappa shape index (κ3) is 2.79. The fourth-order valence-electron chi connectivity index (χ4n) is 1.93. The molecule has 0 aliphatic carbocycles. The first kappa shape index (κ1) is 13.0. The van der Waals surface area contributed by atoms with Crippen molar-refractivity contribution in [1.82, 2.24) is 0 Å². The number of hydrogen-bond acceptors (Lipinski definition) is 5. The molecule has 1 aliphatic heterocycles. The van der Waals surface area contributed by atoms with Crippen LogP contribution in [-0.2, 0) is 0 Å². The molecule has 0 saturated carbocycles. The first-order valence-corrected chi connectivity index (χ1v) is 6.32. The summed E-state index contributed by atoms with van der Waals surface area (Å²) in [6.07, 6.45) is 0. The van der Waals surface area contributed by atoms with Gasteiger partial charge in [0.25, 0.3) is 0 Å². The molecule has 0 atom stereocenters. The van der Waals surface area contributed by atoms with Gasteiger partial charge in [-0.2, -0.15) is 5.26 Å². The van der Waals surface area contributed by atoms with Crippen molar-refractivity contribution in [3.8, 4) is 23.3 Å². The summed E-state index contributed by atoms with van der Waals surface area (Å²) in [7, 11) is 0. The minimum Gasteiger partial charge on any atom is -0.485 e. The molecule has 5 nitrogen and oxygen atoms in total. The number of ketones is 1. The minimum atomic E-state index is -0.155. The van der Waals surface area contributed by atoms with E-state index in [9.17, 15) is 4.79 Å². The molecule has 3 rings (SSSR count). The third-order valence-corrected chi connectivity index (χ3v) is 3.05. The zero-order valence-corrected chi connectivity index (χ0v) is 11.0. The molecule has 0 N–H and O–H groups in total. The second-order valence-corrected chi connectivity index (χ2v) is 4.42. The molecular formula is C16H11NO4. The van der Waals surface area contributed by atoms with Gasteiger partial charge >= 0.3 is 0 Å². The minimum absolute atomic E-state index is 0.0778. The fraction of sp³-hybridized carbons (Fsp3) is 0.125. The van der Waals surface area contributed by atoms with Crippen molar-refractivity contribution in [2.75, 3.05) is 13.4 Å². The molecule has 1 heterocycles. The molecule has 0 fully saturated rings. The molecule has 2 aromatic carbocycles. The Labute approximate surface area is 121 Å². The van der Waals surface area contributed by atoms with Crippen molar-refractivity contribution < 1.29 is 19.0 Å². The predicted octanol–water partition coefficient (Wildman–Crippen LogP) is 2.55. The number of carbonyl (C=O) groups is 1. The molecule has 0 saturated heterocycles. The van der Waals surface area contributed by atoms with Crippen LogP contribution in [0.15, 0.2) is 42.5 Å². The largest absolute Gasteiger partial charge is 0.485 e. The number of carbonyl (C=O) groups excluding carboxylic acids is 1. The molecule has 5 heteroatoms. The quantitative estimate of drug-likeness (QED) is 0.805. The van der Waals surface area contributed by atoms with Crippen LogP contribution in [0, 0.1) is 11.3 Å². The SMILES string of the molecule is N#Cc1ccc(OCC(=O)c2ccc3c(c2)OCO3)cc1. The lowest BCUT2D eigenvalue weighted by molar-refractivity contribution is 0.0921. The lowest BCUT2D eigenvalue weighted by atomic mass is 10.1. The lowest BCUT2D eigenvalue weighted by Crippen LogP contribution is -2.11. The van der Waals surface area contributed by atoms with Crippen LogP contribution in [0.5, 0.6) is 17.2 Å². The van der Waals surface area contributed by atoms with E-state index < -0.39 is 0 Å². The first-order chi connectivity index (χ1) is 10.3. The van der Waals surface area contributed by atoms with E-state index >= 15 is 0 Å². The Bertz CT molecular complexity index is 716. The van der Waals surface area contributed by atoms with Crippen LogP contribution in [-0.4, -0.2) is 19.2 Å². The Hall–Kier alpha value is -3.00. The summed E-state index contributed by atoms with van der Waals surface area (Å²) in [4.78, 5) is 12.1. The van der Waals surface area contributed by atoms with Crippen LogP contribution in [0.2, 0.25) is 0 Å². The third-order valence-electron chi connectivity index (χ3n) is 3.05. The Morgan fingerprint density at radius 3 is 2.67 bits per heavy atom. The molecule has 1 aliphatic rings. The summed E-state index contributed by atoms with van der Waals surface area (Å²) in [5.41, 5.74) is 1.05. The molecule has 2 aromatic rings. The van der Waals surface area contributed by atoms with Crippen molar-refractivity contribution in [1.29, 1.82) is 5.26 Å². The highest BCUT2D eigenvalue weighted by molar-refractivity contribution is 5.97. The highest BCUT2D eigenvalue weighted by Crippen LogP contribution is 2.32. The van der Waals surface area contributed by atoms with E-state index in [1.54, 1.807) is 42.5 Å². The lowest BCUT2D eigenvalue weighted by Gasteiger charge is -2.06. The van der Waals surface area contributed by atoms with Crippen LogP contribution in [0.3, 0.4) is 0 Å². The van der Waals surface area contributed by atoms with Gasteiger partial charge in [-0.15, -0.1) is 0 Å². The Kier molecular flexibility index (Phi) is 3.44. The van der Waals surface area contributed by atoms with Gasteiger partial charge in [0.15, 0.2) is 23.9 Å². The second-order valence-electron chi connectivity index (χ2n) is 4.42. The monoisotopic (exact) mass is 281 g/mol. The van der Waals surface area contributed by atoms with Crippen molar-refractivity contribution in [3.63, 3.8) is 0 Å². The standard InChI is InChI=1S/C16H11NO4/c17-8-11-1-4-13(5-2-11)19-9-14(18)12-3-6-15-16(7-12)21-10-20-15/h1-7H,9-10H2. The highest BCUT2D eigenvalue weighted by Gasteiger charge is 2.16. The molecule has 0 unspecified atom stereocenters. The van der Waals surface area contributed by atoms with Crippen molar-refractivity contribution in [3.05, 3.63) is 53.6 Å². The first-order valence-electron chi connectivity index (χ1n) is 6.32. The maximum Gasteiger partial charge on any atom is 0.231 e. The van der Waals surface area contributed by atoms with Gasteiger partial charge in [-0.1, -0.05) is 0 Å². The summed E-state index contributed by atoms with van der Waals surface area (Å²) in [6, 6.07) is 13.6. The van der Waals surface area contributed by atoms with E-state index in [4.69, 9.17) is 19.5 Å². The number of nitrogens with zero attached hydrogens (tertiary/aromatic N) is 1. The molecule has 0 spiro atoms. The number of rotatable bonds is 4. The molecule has 0 amide bonds. The molecule has 0 bridgehead atoms. The van der Waals surface area contributed by atoms with E-state index in [0.717, 1.165) is 0 Å². The van der Waals surface area contributed by atoms with Gasteiger partial charge in [0.1, 0.15) is 5.75 Å². The van der Waals surface area contributed by atoms with E-state index in [-0.39, 0.29) is 19.2 Å². The van der Waals surface area contributed by atoms with Gasteiger partial charge < -0.3 is 14.2 Å². The Balaban J connectivity index is 1.65. The summed E-state index contributed by atoms with van der Waals surface area (Å²) in [5, 5.41) is 8.71. The van der Waals surface area contributed by atoms with Gasteiger partial charge in [0.05, 0.1) is 11.6 Å². The molecule has 21 heavy (non-hydrogen) atoms. The molecule has 104 valence electrons. The summed E-state index contributed by atoms with van der Waals surface area (Å²) in [5.74, 6) is 1.60. The second kappa shape index (κ2) is 5.55. The van der Waals surface area contributed by atoms with E-state index in [2.05, 4.69) is 0 Å². The maximum atomic E-state index is 12.1. The summed E-state index contributed by atoms with van der Waals surface area (Å²) >= 11 is 0. The number of hydrogen-bond donors (Lipinski definition) is 0. The van der Waals surface area contributed by atoms with Crippen LogP contribution < -0.4 is 14.2 Å². The summed E-state index contributed by atoms with van der Waals surface area (Å²) < 4.78 is 15.8. The number of Topliss-reactive ketones (excluding diaryl/α,β-unsaturated/α-hetero) is 1. The summed E-state index contributed by atoms with van der Waals surface area (Å²) in [6.45, 7) is 0.0975. The van der Waals surface area contributed by atoms with Crippen molar-refractivity contribution >= 4 is 5.78 Å². The zero-order chi connectivity index (χ0) is 14.7. The number of ether oxygens (including phenoxy) is 3. The Morgan fingerprint density at radius 1 is 1.14 bits per heavy atom. The van der Waals surface area contributed by atoms with Crippen LogP contribution in [0.25, 0.3) is 0 Å². The normalized spacial score (nSPS) is 11.8. The van der Waals surface area contributed by atoms with Crippen molar-refractivity contribution in [2.45, 2.75) is 0 Å². The van der Waals surface area contributed by atoms with Crippen LogP contribution >= 0.6 is 0 Å². The average molecular weight is 281 g/mol. The molecule has 0 radical (unpaired) electrons. The number of fused-ring (bicyclic) bond motifs is 1. The van der Waals surface area contributed by atoms with Gasteiger partial charge in [0, 0.05) is 5.56 Å². The van der Waals surface area contributed by atoms with E-state index in [1.165, 1.54) is 0 Å². The van der Waals surface area contributed by atoms with E-state index in [1.807, 2.05) is 6.07 Å². The number of nitriles is 1. The molecular weight excluding hydrogens is 270 g/mol. The van der Waals surface area contributed by atoms with Crippen molar-refractivity contribution in [2.24, 2.45) is 0 Å². The smallest absolute Gasteiger partial charge is 0.231 e.